The van der Waals surface area contributed by atoms with Gasteiger partial charge >= 0.3 is 0 Å². The van der Waals surface area contributed by atoms with Crippen LogP contribution in [0.15, 0.2) is 59.5 Å². The minimum absolute atomic E-state index is 0.0313. The number of hydrogen-bond donors (Lipinski definition) is 1. The first kappa shape index (κ1) is 19.9. The average molecular weight is 416 g/mol. The molecule has 2 aliphatic rings. The third-order valence-electron chi connectivity index (χ3n) is 5.25. The second-order valence-corrected chi connectivity index (χ2v) is 9.19. The van der Waals surface area contributed by atoms with Crippen LogP contribution in [0.2, 0.25) is 0 Å². The molecule has 7 nitrogen and oxygen atoms in total. The van der Waals surface area contributed by atoms with Crippen molar-refractivity contribution in [2.75, 3.05) is 32.8 Å². The highest BCUT2D eigenvalue weighted by Crippen LogP contribution is 2.26. The van der Waals surface area contributed by atoms with Crippen LogP contribution < -0.4 is 10.1 Å². The molecule has 0 aromatic heterocycles. The summed E-state index contributed by atoms with van der Waals surface area (Å²) in [5, 5.41) is 2.80. The Hall–Kier alpha value is -2.42. The van der Waals surface area contributed by atoms with E-state index in [0.717, 1.165) is 11.3 Å². The first-order valence-electron chi connectivity index (χ1n) is 9.68. The van der Waals surface area contributed by atoms with Gasteiger partial charge in [-0.25, -0.2) is 8.42 Å². The number of para-hydroxylation sites is 1. The Balaban J connectivity index is 1.40. The number of carbonyl (C=O) groups is 1. The quantitative estimate of drug-likeness (QED) is 0.776. The predicted octanol–water partition coefficient (Wildman–Crippen LogP) is 1.76. The van der Waals surface area contributed by atoms with Crippen molar-refractivity contribution in [2.24, 2.45) is 0 Å². The zero-order chi connectivity index (χ0) is 20.3. The third kappa shape index (κ3) is 4.60. The van der Waals surface area contributed by atoms with E-state index in [1.54, 1.807) is 24.3 Å². The van der Waals surface area contributed by atoms with Crippen LogP contribution in [-0.4, -0.2) is 57.6 Å². The molecule has 2 fully saturated rings. The van der Waals surface area contributed by atoms with Crippen molar-refractivity contribution in [1.82, 2.24) is 9.62 Å². The Labute approximate surface area is 170 Å². The number of nitrogens with one attached hydrogen (secondary N) is 1. The van der Waals surface area contributed by atoms with Crippen LogP contribution in [0.4, 0.5) is 0 Å². The first-order valence-corrected chi connectivity index (χ1v) is 11.1. The molecular formula is C21H24N2O5S. The van der Waals surface area contributed by atoms with Crippen LogP contribution in [-0.2, 0) is 19.6 Å². The van der Waals surface area contributed by atoms with Gasteiger partial charge in [-0.05, 0) is 29.8 Å². The van der Waals surface area contributed by atoms with E-state index in [-0.39, 0.29) is 36.0 Å². The standard InChI is InChI=1S/C21H24N2O5S/c24-21-12-17(13-22-21)16-6-8-20(9-7-16)29(25,26)23-10-11-27-19(14-23)15-28-18-4-2-1-3-5-18/h1-9,17,19H,10-15H2,(H,22,24)/t17-,19+/m1/s1. The molecule has 2 aromatic rings. The van der Waals surface area contributed by atoms with E-state index < -0.39 is 10.0 Å². The van der Waals surface area contributed by atoms with Crippen molar-refractivity contribution < 1.29 is 22.7 Å². The molecule has 0 radical (unpaired) electrons. The van der Waals surface area contributed by atoms with Gasteiger partial charge in [0.05, 0.1) is 11.5 Å². The van der Waals surface area contributed by atoms with Gasteiger partial charge in [-0.1, -0.05) is 30.3 Å². The second kappa shape index (κ2) is 8.52. The minimum atomic E-state index is -3.61. The third-order valence-corrected chi connectivity index (χ3v) is 7.13. The van der Waals surface area contributed by atoms with E-state index in [1.807, 2.05) is 30.3 Å². The molecule has 2 heterocycles. The summed E-state index contributed by atoms with van der Waals surface area (Å²) in [5.74, 6) is 0.859. The SMILES string of the molecule is O=C1C[C@@H](c2ccc(S(=O)(=O)N3CCO[C@H](COc4ccccc4)C3)cc2)CN1. The van der Waals surface area contributed by atoms with Crippen molar-refractivity contribution in [3.8, 4) is 5.75 Å². The van der Waals surface area contributed by atoms with Crippen LogP contribution in [0.1, 0.15) is 17.9 Å². The number of rotatable bonds is 6. The highest BCUT2D eigenvalue weighted by Gasteiger charge is 2.31. The Morgan fingerprint density at radius 1 is 1.10 bits per heavy atom. The van der Waals surface area contributed by atoms with Crippen molar-refractivity contribution in [1.29, 1.82) is 0 Å². The van der Waals surface area contributed by atoms with Crippen molar-refractivity contribution in [3.63, 3.8) is 0 Å². The molecule has 1 amide bonds. The molecule has 29 heavy (non-hydrogen) atoms. The topological polar surface area (TPSA) is 84.9 Å². The molecule has 0 saturated carbocycles. The highest BCUT2D eigenvalue weighted by molar-refractivity contribution is 7.89. The lowest BCUT2D eigenvalue weighted by Gasteiger charge is -2.32. The molecule has 0 spiro atoms. The first-order chi connectivity index (χ1) is 14.0. The number of amides is 1. The van der Waals surface area contributed by atoms with Crippen molar-refractivity contribution in [2.45, 2.75) is 23.3 Å². The Morgan fingerprint density at radius 3 is 2.55 bits per heavy atom. The lowest BCUT2D eigenvalue weighted by atomic mass is 9.99. The molecule has 0 aliphatic carbocycles. The molecule has 2 saturated heterocycles. The molecule has 8 heteroatoms. The number of hydrogen-bond acceptors (Lipinski definition) is 5. The summed E-state index contributed by atoms with van der Waals surface area (Å²) in [7, 11) is -3.61. The van der Waals surface area contributed by atoms with Gasteiger partial charge in [0.2, 0.25) is 15.9 Å². The minimum Gasteiger partial charge on any atom is -0.491 e. The molecule has 154 valence electrons. The number of morpholine rings is 1. The molecule has 0 unspecified atom stereocenters. The van der Waals surface area contributed by atoms with Crippen LogP contribution in [0.25, 0.3) is 0 Å². The number of benzene rings is 2. The van der Waals surface area contributed by atoms with Gasteiger partial charge in [0.25, 0.3) is 0 Å². The van der Waals surface area contributed by atoms with E-state index in [1.165, 1.54) is 4.31 Å². The average Bonchev–Trinajstić information content (AvgIpc) is 3.20. The van der Waals surface area contributed by atoms with Crippen LogP contribution in [0, 0.1) is 0 Å². The summed E-state index contributed by atoms with van der Waals surface area (Å²) < 4.78 is 39.0. The summed E-state index contributed by atoms with van der Waals surface area (Å²) in [6.45, 7) is 1.77. The fraction of sp³-hybridized carbons (Fsp3) is 0.381. The normalized spacial score (nSPS) is 23.0. The molecule has 2 aliphatic heterocycles. The summed E-state index contributed by atoms with van der Waals surface area (Å²) >= 11 is 0. The molecule has 2 atom stereocenters. The van der Waals surface area contributed by atoms with Gasteiger partial charge in [-0.3, -0.25) is 4.79 Å². The highest BCUT2D eigenvalue weighted by atomic mass is 32.2. The van der Waals surface area contributed by atoms with Crippen molar-refractivity contribution >= 4 is 15.9 Å². The van der Waals surface area contributed by atoms with Gasteiger partial charge in [-0.15, -0.1) is 0 Å². The van der Waals surface area contributed by atoms with Gasteiger partial charge < -0.3 is 14.8 Å². The Morgan fingerprint density at radius 2 is 1.86 bits per heavy atom. The van der Waals surface area contributed by atoms with E-state index >= 15 is 0 Å². The van der Waals surface area contributed by atoms with Crippen LogP contribution in [0.3, 0.4) is 0 Å². The fourth-order valence-corrected chi connectivity index (χ4v) is 5.07. The predicted molar refractivity (Wildman–Crippen MR) is 107 cm³/mol. The molecule has 0 bridgehead atoms. The van der Waals surface area contributed by atoms with Gasteiger partial charge in [0.1, 0.15) is 18.5 Å². The Kier molecular flexibility index (Phi) is 5.84. The summed E-state index contributed by atoms with van der Waals surface area (Å²) in [6.07, 6.45) is 0.118. The van der Waals surface area contributed by atoms with E-state index in [4.69, 9.17) is 9.47 Å². The second-order valence-electron chi connectivity index (χ2n) is 7.25. The smallest absolute Gasteiger partial charge is 0.243 e. The monoisotopic (exact) mass is 416 g/mol. The molecule has 4 rings (SSSR count). The van der Waals surface area contributed by atoms with Crippen molar-refractivity contribution in [3.05, 3.63) is 60.2 Å². The maximum Gasteiger partial charge on any atom is 0.243 e. The lowest BCUT2D eigenvalue weighted by molar-refractivity contribution is -0.119. The number of ether oxygens (including phenoxy) is 2. The number of carbonyl (C=O) groups excluding carboxylic acids is 1. The zero-order valence-electron chi connectivity index (χ0n) is 16.0. The number of nitrogens with zero attached hydrogens (tertiary/aromatic N) is 1. The lowest BCUT2D eigenvalue weighted by Crippen LogP contribution is -2.47. The van der Waals surface area contributed by atoms with Gasteiger partial charge in [0.15, 0.2) is 0 Å². The Bertz CT molecular complexity index is 947. The number of sulfonamides is 1. The molecule has 1 N–H and O–H groups in total. The largest absolute Gasteiger partial charge is 0.491 e. The molecular weight excluding hydrogens is 392 g/mol. The maximum atomic E-state index is 13.1. The molecule has 2 aromatic carbocycles. The maximum absolute atomic E-state index is 13.1. The van der Waals surface area contributed by atoms with E-state index in [0.29, 0.717) is 26.1 Å². The summed E-state index contributed by atoms with van der Waals surface area (Å²) in [5.41, 5.74) is 0.971. The summed E-state index contributed by atoms with van der Waals surface area (Å²) in [6, 6.07) is 16.2. The van der Waals surface area contributed by atoms with E-state index in [9.17, 15) is 13.2 Å². The van der Waals surface area contributed by atoms with E-state index in [2.05, 4.69) is 5.32 Å². The van der Waals surface area contributed by atoms with Crippen LogP contribution >= 0.6 is 0 Å². The van der Waals surface area contributed by atoms with Crippen LogP contribution in [0.5, 0.6) is 5.75 Å². The fourth-order valence-electron chi connectivity index (χ4n) is 3.62. The summed E-state index contributed by atoms with van der Waals surface area (Å²) in [4.78, 5) is 11.7. The zero-order valence-corrected chi connectivity index (χ0v) is 16.8. The van der Waals surface area contributed by atoms with Gasteiger partial charge in [-0.2, -0.15) is 4.31 Å². The van der Waals surface area contributed by atoms with Gasteiger partial charge in [0, 0.05) is 32.0 Å².